The number of halogens is 1. The van der Waals surface area contributed by atoms with E-state index in [0.29, 0.717) is 40.6 Å². The molecule has 1 atom stereocenters. The average molecular weight is 587 g/mol. The van der Waals surface area contributed by atoms with Crippen LogP contribution in [0.3, 0.4) is 0 Å². The van der Waals surface area contributed by atoms with Crippen molar-refractivity contribution in [2.24, 2.45) is 5.92 Å². The maximum atomic E-state index is 6.90. The fourth-order valence-electron chi connectivity index (χ4n) is 4.52. The topological polar surface area (TPSA) is 91.5 Å². The predicted octanol–water partition coefficient (Wildman–Crippen LogP) is 7.70. The molecule has 0 bridgehead atoms. The molecule has 40 heavy (non-hydrogen) atoms. The van der Waals surface area contributed by atoms with Crippen LogP contribution < -0.4 is 10.1 Å². The Bertz CT molecular complexity index is 1280. The Morgan fingerprint density at radius 2 is 1.88 bits per heavy atom. The summed E-state index contributed by atoms with van der Waals surface area (Å²) in [6, 6.07) is 7.83. The molecule has 218 valence electrons. The standard InChI is InChI=1S/C30H43ClN4O4Si/c1-19(39-40(7,8)30(4,5)6)18-37-24-11-9-10-23(16-24)28-33-27(25-20(2)35-38-21(25)3)26(31)29(34-28)32-17-22-12-14-36-15-13-22/h9-11,16,19,22H,12-15,17-18H2,1-8H3,(H,32,33,34). The molecule has 10 heteroatoms. The summed E-state index contributed by atoms with van der Waals surface area (Å²) in [5.74, 6) is 3.03. The van der Waals surface area contributed by atoms with Crippen molar-refractivity contribution in [1.82, 2.24) is 15.1 Å². The molecule has 2 aromatic heterocycles. The number of aryl methyl sites for hydroxylation is 2. The largest absolute Gasteiger partial charge is 0.491 e. The summed E-state index contributed by atoms with van der Waals surface area (Å²) in [5.41, 5.74) is 2.94. The van der Waals surface area contributed by atoms with Crippen molar-refractivity contribution in [3.05, 3.63) is 40.7 Å². The molecule has 8 nitrogen and oxygen atoms in total. The lowest BCUT2D eigenvalue weighted by molar-refractivity contribution is 0.0699. The molecule has 1 aliphatic heterocycles. The van der Waals surface area contributed by atoms with Crippen molar-refractivity contribution in [3.63, 3.8) is 0 Å². The van der Waals surface area contributed by atoms with E-state index in [9.17, 15) is 0 Å². The lowest BCUT2D eigenvalue weighted by atomic mass is 10.0. The molecule has 0 spiro atoms. The van der Waals surface area contributed by atoms with Crippen molar-refractivity contribution in [2.75, 3.05) is 31.7 Å². The van der Waals surface area contributed by atoms with Crippen molar-refractivity contribution in [1.29, 1.82) is 0 Å². The minimum Gasteiger partial charge on any atom is -0.491 e. The zero-order valence-corrected chi connectivity index (χ0v) is 26.8. The number of ether oxygens (including phenoxy) is 2. The summed E-state index contributed by atoms with van der Waals surface area (Å²) in [6.45, 7) is 19.8. The molecule has 4 rings (SSSR count). The van der Waals surface area contributed by atoms with Crippen LogP contribution in [-0.2, 0) is 9.16 Å². The summed E-state index contributed by atoms with van der Waals surface area (Å²) in [6.07, 6.45) is 2.00. The average Bonchev–Trinajstić information content (AvgIpc) is 3.24. The Kier molecular flexibility index (Phi) is 9.60. The van der Waals surface area contributed by atoms with E-state index in [2.05, 4.69) is 51.3 Å². The van der Waals surface area contributed by atoms with Crippen LogP contribution in [0.15, 0.2) is 28.8 Å². The molecule has 0 amide bonds. The first-order chi connectivity index (χ1) is 18.9. The third-order valence-electron chi connectivity index (χ3n) is 7.90. The van der Waals surface area contributed by atoms with Gasteiger partial charge in [0.1, 0.15) is 34.7 Å². The van der Waals surface area contributed by atoms with Gasteiger partial charge in [-0.3, -0.25) is 0 Å². The molecule has 0 saturated carbocycles. The summed E-state index contributed by atoms with van der Waals surface area (Å²) < 4.78 is 23.6. The second kappa shape index (κ2) is 12.6. The summed E-state index contributed by atoms with van der Waals surface area (Å²) in [5, 5.41) is 8.21. The highest BCUT2D eigenvalue weighted by Gasteiger charge is 2.38. The van der Waals surface area contributed by atoms with Gasteiger partial charge >= 0.3 is 0 Å². The predicted molar refractivity (Wildman–Crippen MR) is 163 cm³/mol. The molecule has 1 aromatic carbocycles. The molecule has 0 aliphatic carbocycles. The van der Waals surface area contributed by atoms with E-state index < -0.39 is 8.32 Å². The molecule has 1 unspecified atom stereocenters. The number of benzene rings is 1. The van der Waals surface area contributed by atoms with Gasteiger partial charge in [-0.25, -0.2) is 9.97 Å². The van der Waals surface area contributed by atoms with Crippen LogP contribution in [0.2, 0.25) is 23.2 Å². The van der Waals surface area contributed by atoms with Crippen LogP contribution >= 0.6 is 11.6 Å². The van der Waals surface area contributed by atoms with Gasteiger partial charge < -0.3 is 23.7 Å². The van der Waals surface area contributed by atoms with Crippen LogP contribution in [-0.4, -0.2) is 55.9 Å². The van der Waals surface area contributed by atoms with E-state index in [1.807, 2.05) is 38.1 Å². The molecule has 1 saturated heterocycles. The minimum atomic E-state index is -1.88. The maximum Gasteiger partial charge on any atom is 0.192 e. The summed E-state index contributed by atoms with van der Waals surface area (Å²) in [7, 11) is -1.88. The second-order valence-corrected chi connectivity index (χ2v) is 17.4. The van der Waals surface area contributed by atoms with Crippen LogP contribution in [0.5, 0.6) is 5.75 Å². The van der Waals surface area contributed by atoms with Gasteiger partial charge in [0.2, 0.25) is 0 Å². The van der Waals surface area contributed by atoms with Gasteiger partial charge in [0, 0.05) is 25.3 Å². The number of hydrogen-bond acceptors (Lipinski definition) is 8. The van der Waals surface area contributed by atoms with E-state index >= 15 is 0 Å². The Balaban J connectivity index is 1.60. The van der Waals surface area contributed by atoms with Crippen molar-refractivity contribution >= 4 is 25.7 Å². The molecule has 1 N–H and O–H groups in total. The number of aromatic nitrogens is 3. The van der Waals surface area contributed by atoms with Crippen LogP contribution in [0.25, 0.3) is 22.6 Å². The Labute approximate surface area is 244 Å². The lowest BCUT2D eigenvalue weighted by Crippen LogP contribution is -2.44. The smallest absolute Gasteiger partial charge is 0.192 e. The third kappa shape index (κ3) is 7.24. The number of nitrogens with one attached hydrogen (secondary N) is 1. The van der Waals surface area contributed by atoms with E-state index in [1.165, 1.54) is 0 Å². The van der Waals surface area contributed by atoms with Crippen molar-refractivity contribution < 1.29 is 18.4 Å². The molecule has 1 fully saturated rings. The fourth-order valence-corrected chi connectivity index (χ4v) is 6.20. The van der Waals surface area contributed by atoms with E-state index in [0.717, 1.165) is 55.2 Å². The number of nitrogens with zero attached hydrogens (tertiary/aromatic N) is 3. The first-order valence-corrected chi connectivity index (χ1v) is 17.4. The van der Waals surface area contributed by atoms with Gasteiger partial charge in [0.25, 0.3) is 0 Å². The van der Waals surface area contributed by atoms with E-state index in [4.69, 9.17) is 40.0 Å². The lowest BCUT2D eigenvalue weighted by Gasteiger charge is -2.38. The van der Waals surface area contributed by atoms with Crippen molar-refractivity contribution in [3.8, 4) is 28.4 Å². The molecule has 0 radical (unpaired) electrons. The monoisotopic (exact) mass is 586 g/mol. The summed E-state index contributed by atoms with van der Waals surface area (Å²) in [4.78, 5) is 9.75. The highest BCUT2D eigenvalue weighted by atomic mass is 35.5. The Morgan fingerprint density at radius 1 is 1.15 bits per heavy atom. The maximum absolute atomic E-state index is 6.90. The SMILES string of the molecule is Cc1noc(C)c1-c1nc(-c2cccc(OCC(C)O[Si](C)(C)C(C)(C)C)c2)nc(NCC2CCOCC2)c1Cl. The van der Waals surface area contributed by atoms with Crippen molar-refractivity contribution in [2.45, 2.75) is 78.6 Å². The molecule has 3 heterocycles. The molecular formula is C30H43ClN4O4Si. The van der Waals surface area contributed by atoms with Gasteiger partial charge in [-0.2, -0.15) is 0 Å². The van der Waals surface area contributed by atoms with Gasteiger partial charge in [0.05, 0.1) is 17.4 Å². The second-order valence-electron chi connectivity index (χ2n) is 12.2. The number of hydrogen-bond donors (Lipinski definition) is 1. The van der Waals surface area contributed by atoms with Crippen LogP contribution in [0, 0.1) is 19.8 Å². The molecule has 1 aliphatic rings. The van der Waals surface area contributed by atoms with E-state index in [-0.39, 0.29) is 11.1 Å². The zero-order valence-electron chi connectivity index (χ0n) is 25.1. The highest BCUT2D eigenvalue weighted by molar-refractivity contribution is 6.74. The quantitative estimate of drug-likeness (QED) is 0.242. The molecular weight excluding hydrogens is 544 g/mol. The zero-order chi connectivity index (χ0) is 29.1. The first-order valence-electron chi connectivity index (χ1n) is 14.1. The van der Waals surface area contributed by atoms with Gasteiger partial charge in [0.15, 0.2) is 14.1 Å². The van der Waals surface area contributed by atoms with E-state index in [1.54, 1.807) is 0 Å². The third-order valence-corrected chi connectivity index (χ3v) is 12.9. The van der Waals surface area contributed by atoms with Crippen LogP contribution in [0.4, 0.5) is 5.82 Å². The summed E-state index contributed by atoms with van der Waals surface area (Å²) >= 11 is 6.90. The molecule has 3 aromatic rings. The van der Waals surface area contributed by atoms with Gasteiger partial charge in [-0.1, -0.05) is 49.7 Å². The number of rotatable bonds is 10. The first kappa shape index (κ1) is 30.5. The Morgan fingerprint density at radius 3 is 2.52 bits per heavy atom. The fraction of sp³-hybridized carbons (Fsp3) is 0.567. The minimum absolute atomic E-state index is 0.0246. The van der Waals surface area contributed by atoms with Gasteiger partial charge in [-0.15, -0.1) is 0 Å². The normalized spacial score (nSPS) is 15.7. The van der Waals surface area contributed by atoms with Gasteiger partial charge in [-0.05, 0) is 69.8 Å². The number of anilines is 1. The Hall–Kier alpha value is -2.46. The highest BCUT2D eigenvalue weighted by Crippen LogP contribution is 2.38. The van der Waals surface area contributed by atoms with Crippen LogP contribution in [0.1, 0.15) is 52.0 Å².